The SMILES string of the molecule is Cc1cnc(NCc2ccccc2CN)c(Br)c1. The Morgan fingerprint density at radius 2 is 2.00 bits per heavy atom. The molecule has 0 saturated heterocycles. The summed E-state index contributed by atoms with van der Waals surface area (Å²) in [6.45, 7) is 3.30. The van der Waals surface area contributed by atoms with Gasteiger partial charge in [0.15, 0.2) is 0 Å². The number of pyridine rings is 1. The zero-order valence-electron chi connectivity index (χ0n) is 10.3. The Kier molecular flexibility index (Phi) is 4.33. The Morgan fingerprint density at radius 3 is 2.67 bits per heavy atom. The van der Waals surface area contributed by atoms with E-state index < -0.39 is 0 Å². The van der Waals surface area contributed by atoms with Gasteiger partial charge in [-0.05, 0) is 45.6 Å². The van der Waals surface area contributed by atoms with Crippen LogP contribution in [0.15, 0.2) is 41.0 Å². The highest BCUT2D eigenvalue weighted by Gasteiger charge is 2.03. The van der Waals surface area contributed by atoms with Crippen molar-refractivity contribution in [1.29, 1.82) is 0 Å². The smallest absolute Gasteiger partial charge is 0.140 e. The van der Waals surface area contributed by atoms with Crippen molar-refractivity contribution < 1.29 is 0 Å². The van der Waals surface area contributed by atoms with Gasteiger partial charge < -0.3 is 11.1 Å². The van der Waals surface area contributed by atoms with Crippen molar-refractivity contribution in [3.8, 4) is 0 Å². The van der Waals surface area contributed by atoms with Gasteiger partial charge in [-0.2, -0.15) is 0 Å². The fourth-order valence-corrected chi connectivity index (χ4v) is 2.38. The molecule has 94 valence electrons. The molecular weight excluding hydrogens is 290 g/mol. The van der Waals surface area contributed by atoms with Gasteiger partial charge in [0.1, 0.15) is 5.82 Å². The predicted molar refractivity (Wildman–Crippen MR) is 78.3 cm³/mol. The van der Waals surface area contributed by atoms with E-state index in [1.165, 1.54) is 5.56 Å². The van der Waals surface area contributed by atoms with E-state index in [-0.39, 0.29) is 0 Å². The number of rotatable bonds is 4. The summed E-state index contributed by atoms with van der Waals surface area (Å²) >= 11 is 3.51. The van der Waals surface area contributed by atoms with E-state index in [0.29, 0.717) is 6.54 Å². The van der Waals surface area contributed by atoms with Crippen molar-refractivity contribution in [3.63, 3.8) is 0 Å². The summed E-state index contributed by atoms with van der Waals surface area (Å²) in [6.07, 6.45) is 1.85. The number of anilines is 1. The molecule has 1 aromatic carbocycles. The van der Waals surface area contributed by atoms with Gasteiger partial charge in [-0.1, -0.05) is 24.3 Å². The molecule has 2 aromatic rings. The molecule has 0 atom stereocenters. The zero-order valence-corrected chi connectivity index (χ0v) is 11.9. The quantitative estimate of drug-likeness (QED) is 0.912. The molecule has 1 aromatic heterocycles. The molecule has 18 heavy (non-hydrogen) atoms. The molecule has 0 spiro atoms. The lowest BCUT2D eigenvalue weighted by molar-refractivity contribution is 1.000. The number of aromatic nitrogens is 1. The van der Waals surface area contributed by atoms with Gasteiger partial charge >= 0.3 is 0 Å². The molecule has 4 heteroatoms. The normalized spacial score (nSPS) is 10.4. The van der Waals surface area contributed by atoms with Crippen LogP contribution in [0.5, 0.6) is 0 Å². The summed E-state index contributed by atoms with van der Waals surface area (Å²) < 4.78 is 0.979. The van der Waals surface area contributed by atoms with E-state index in [4.69, 9.17) is 5.73 Å². The number of nitrogens with two attached hydrogens (primary N) is 1. The van der Waals surface area contributed by atoms with Gasteiger partial charge in [0.05, 0.1) is 4.47 Å². The van der Waals surface area contributed by atoms with Crippen LogP contribution in [-0.4, -0.2) is 4.98 Å². The van der Waals surface area contributed by atoms with Crippen LogP contribution in [0, 0.1) is 6.92 Å². The molecule has 0 radical (unpaired) electrons. The Balaban J connectivity index is 2.11. The molecule has 0 unspecified atom stereocenters. The zero-order chi connectivity index (χ0) is 13.0. The lowest BCUT2D eigenvalue weighted by Gasteiger charge is -2.11. The number of benzene rings is 1. The van der Waals surface area contributed by atoms with Gasteiger partial charge in [0, 0.05) is 19.3 Å². The number of nitrogens with zero attached hydrogens (tertiary/aromatic N) is 1. The summed E-state index contributed by atoms with van der Waals surface area (Å²) in [5.74, 6) is 0.854. The number of hydrogen-bond donors (Lipinski definition) is 2. The highest BCUT2D eigenvalue weighted by atomic mass is 79.9. The maximum atomic E-state index is 5.72. The second-order valence-corrected chi connectivity index (χ2v) is 5.02. The fourth-order valence-electron chi connectivity index (χ4n) is 1.77. The molecule has 0 amide bonds. The minimum atomic E-state index is 0.556. The third-order valence-corrected chi connectivity index (χ3v) is 3.37. The first-order valence-electron chi connectivity index (χ1n) is 5.83. The van der Waals surface area contributed by atoms with Gasteiger partial charge in [-0.25, -0.2) is 4.98 Å². The number of nitrogens with one attached hydrogen (secondary N) is 1. The lowest BCUT2D eigenvalue weighted by Crippen LogP contribution is -2.07. The largest absolute Gasteiger partial charge is 0.365 e. The first-order valence-corrected chi connectivity index (χ1v) is 6.63. The highest BCUT2D eigenvalue weighted by Crippen LogP contribution is 2.21. The van der Waals surface area contributed by atoms with E-state index in [2.05, 4.69) is 38.4 Å². The minimum absolute atomic E-state index is 0.556. The first kappa shape index (κ1) is 13.1. The van der Waals surface area contributed by atoms with E-state index in [0.717, 1.165) is 28.0 Å². The van der Waals surface area contributed by atoms with Crippen molar-refractivity contribution in [1.82, 2.24) is 4.98 Å². The molecule has 0 bridgehead atoms. The summed E-state index contributed by atoms with van der Waals surface area (Å²) in [5.41, 5.74) is 9.21. The van der Waals surface area contributed by atoms with Crippen LogP contribution in [0.1, 0.15) is 16.7 Å². The van der Waals surface area contributed by atoms with Gasteiger partial charge in [-0.15, -0.1) is 0 Å². The maximum absolute atomic E-state index is 5.72. The standard InChI is InChI=1S/C14H16BrN3/c1-10-6-13(15)14(17-8-10)18-9-12-5-3-2-4-11(12)7-16/h2-6,8H,7,9,16H2,1H3,(H,17,18). The third kappa shape index (κ3) is 3.09. The first-order chi connectivity index (χ1) is 8.70. The van der Waals surface area contributed by atoms with Crippen LogP contribution in [0.4, 0.5) is 5.82 Å². The number of hydrogen-bond acceptors (Lipinski definition) is 3. The molecule has 0 aliphatic carbocycles. The molecule has 1 heterocycles. The van der Waals surface area contributed by atoms with Gasteiger partial charge in [-0.3, -0.25) is 0 Å². The van der Waals surface area contributed by atoms with Gasteiger partial charge in [0.2, 0.25) is 0 Å². The van der Waals surface area contributed by atoms with Crippen LogP contribution in [0.2, 0.25) is 0 Å². The molecule has 3 N–H and O–H groups in total. The Labute approximate surface area is 116 Å². The summed E-state index contributed by atoms with van der Waals surface area (Å²) in [4.78, 5) is 4.36. The monoisotopic (exact) mass is 305 g/mol. The van der Waals surface area contributed by atoms with Crippen molar-refractivity contribution in [2.24, 2.45) is 5.73 Å². The minimum Gasteiger partial charge on any atom is -0.365 e. The third-order valence-electron chi connectivity index (χ3n) is 2.76. The molecule has 0 saturated carbocycles. The average molecular weight is 306 g/mol. The van der Waals surface area contributed by atoms with Crippen LogP contribution >= 0.6 is 15.9 Å². The second kappa shape index (κ2) is 5.98. The molecular formula is C14H16BrN3. The Morgan fingerprint density at radius 1 is 1.28 bits per heavy atom. The summed E-state index contributed by atoms with van der Waals surface area (Å²) in [6, 6.07) is 10.2. The molecule has 3 nitrogen and oxygen atoms in total. The predicted octanol–water partition coefficient (Wildman–Crippen LogP) is 3.22. The van der Waals surface area contributed by atoms with Crippen molar-refractivity contribution in [3.05, 3.63) is 57.7 Å². The van der Waals surface area contributed by atoms with E-state index in [1.54, 1.807) is 0 Å². The van der Waals surface area contributed by atoms with Crippen LogP contribution in [-0.2, 0) is 13.1 Å². The topological polar surface area (TPSA) is 50.9 Å². The number of aryl methyl sites for hydroxylation is 1. The second-order valence-electron chi connectivity index (χ2n) is 4.17. The maximum Gasteiger partial charge on any atom is 0.140 e. The van der Waals surface area contributed by atoms with Crippen molar-refractivity contribution in [2.75, 3.05) is 5.32 Å². The molecule has 2 rings (SSSR count). The van der Waals surface area contributed by atoms with E-state index >= 15 is 0 Å². The highest BCUT2D eigenvalue weighted by molar-refractivity contribution is 9.10. The fraction of sp³-hybridized carbons (Fsp3) is 0.214. The Bertz CT molecular complexity index is 540. The molecule has 0 aliphatic heterocycles. The number of halogens is 1. The van der Waals surface area contributed by atoms with Gasteiger partial charge in [0.25, 0.3) is 0 Å². The van der Waals surface area contributed by atoms with Crippen molar-refractivity contribution in [2.45, 2.75) is 20.0 Å². The van der Waals surface area contributed by atoms with E-state index in [1.807, 2.05) is 31.3 Å². The lowest BCUT2D eigenvalue weighted by atomic mass is 10.1. The van der Waals surface area contributed by atoms with Crippen LogP contribution in [0.25, 0.3) is 0 Å². The van der Waals surface area contributed by atoms with Crippen LogP contribution < -0.4 is 11.1 Å². The van der Waals surface area contributed by atoms with Crippen LogP contribution in [0.3, 0.4) is 0 Å². The van der Waals surface area contributed by atoms with Crippen molar-refractivity contribution >= 4 is 21.7 Å². The summed E-state index contributed by atoms with van der Waals surface area (Å²) in [7, 11) is 0. The average Bonchev–Trinajstić information content (AvgIpc) is 2.38. The Hall–Kier alpha value is -1.39. The summed E-state index contributed by atoms with van der Waals surface area (Å²) in [5, 5.41) is 3.32. The molecule has 0 aliphatic rings. The van der Waals surface area contributed by atoms with E-state index in [9.17, 15) is 0 Å². The molecule has 0 fully saturated rings.